The summed E-state index contributed by atoms with van der Waals surface area (Å²) in [5.74, 6) is 1.56. The Hall–Kier alpha value is -2.54. The van der Waals surface area contributed by atoms with Crippen molar-refractivity contribution < 1.29 is 0 Å². The first-order valence-electron chi connectivity index (χ1n) is 8.86. The summed E-state index contributed by atoms with van der Waals surface area (Å²) >= 11 is 1.47. The molecule has 2 aromatic heterocycles. The minimum absolute atomic E-state index is 0.325. The molecule has 1 saturated heterocycles. The van der Waals surface area contributed by atoms with Crippen LogP contribution in [0.25, 0.3) is 0 Å². The lowest BCUT2D eigenvalue weighted by molar-refractivity contribution is 0.787. The van der Waals surface area contributed by atoms with Crippen LogP contribution in [0.3, 0.4) is 0 Å². The van der Waals surface area contributed by atoms with Gasteiger partial charge in [-0.15, -0.1) is 0 Å². The lowest BCUT2D eigenvalue weighted by atomic mass is 10.1. The molecule has 0 bridgehead atoms. The molecule has 1 aliphatic heterocycles. The molecule has 1 atom stereocenters. The Morgan fingerprint density at radius 1 is 1.15 bits per heavy atom. The van der Waals surface area contributed by atoms with E-state index in [0.29, 0.717) is 6.04 Å². The highest BCUT2D eigenvalue weighted by Crippen LogP contribution is 2.23. The first-order valence-corrected chi connectivity index (χ1v) is 9.63. The van der Waals surface area contributed by atoms with E-state index < -0.39 is 0 Å². The second kappa shape index (κ2) is 7.37. The van der Waals surface area contributed by atoms with Crippen LogP contribution in [0.4, 0.5) is 11.1 Å². The summed E-state index contributed by atoms with van der Waals surface area (Å²) in [5, 5.41) is 4.51. The molecule has 134 valence electrons. The summed E-state index contributed by atoms with van der Waals surface area (Å²) in [6.45, 7) is 5.84. The molecule has 0 radical (unpaired) electrons. The zero-order valence-corrected chi connectivity index (χ0v) is 15.8. The predicted octanol–water partition coefficient (Wildman–Crippen LogP) is 3.23. The predicted molar refractivity (Wildman–Crippen MR) is 105 cm³/mol. The molecule has 6 nitrogen and oxygen atoms in total. The number of hydrogen-bond donors (Lipinski definition) is 1. The summed E-state index contributed by atoms with van der Waals surface area (Å²) in [7, 11) is 0. The van der Waals surface area contributed by atoms with E-state index in [1.54, 1.807) is 0 Å². The number of rotatable bonds is 5. The lowest BCUT2D eigenvalue weighted by Crippen LogP contribution is -2.27. The second-order valence-electron chi connectivity index (χ2n) is 6.69. The normalized spacial score (nSPS) is 16.8. The minimum atomic E-state index is 0.325. The van der Waals surface area contributed by atoms with Crippen LogP contribution in [0.2, 0.25) is 0 Å². The van der Waals surface area contributed by atoms with Crippen molar-refractivity contribution in [3.8, 4) is 0 Å². The van der Waals surface area contributed by atoms with Crippen LogP contribution < -0.4 is 10.2 Å². The van der Waals surface area contributed by atoms with Crippen molar-refractivity contribution in [2.45, 2.75) is 32.7 Å². The van der Waals surface area contributed by atoms with Crippen LogP contribution in [0.1, 0.15) is 29.2 Å². The van der Waals surface area contributed by atoms with Gasteiger partial charge in [0.25, 0.3) is 0 Å². The van der Waals surface area contributed by atoms with Crippen molar-refractivity contribution in [2.24, 2.45) is 0 Å². The summed E-state index contributed by atoms with van der Waals surface area (Å²) in [6, 6.07) is 12.8. The Labute approximate surface area is 157 Å². The van der Waals surface area contributed by atoms with E-state index in [-0.39, 0.29) is 0 Å². The number of nitrogens with zero attached hydrogens (tertiary/aromatic N) is 5. The molecule has 1 N–H and O–H groups in total. The highest BCUT2D eigenvalue weighted by Gasteiger charge is 2.25. The van der Waals surface area contributed by atoms with Gasteiger partial charge in [-0.1, -0.05) is 30.3 Å². The van der Waals surface area contributed by atoms with E-state index in [0.717, 1.165) is 54.2 Å². The van der Waals surface area contributed by atoms with E-state index in [9.17, 15) is 0 Å². The van der Waals surface area contributed by atoms with Crippen molar-refractivity contribution >= 4 is 22.6 Å². The highest BCUT2D eigenvalue weighted by molar-refractivity contribution is 7.09. The number of aryl methyl sites for hydroxylation is 2. The van der Waals surface area contributed by atoms with Gasteiger partial charge < -0.3 is 10.2 Å². The SMILES string of the molecule is Cc1cc(Cc2ccccc2)nc(NC2CCN(c3nc(C)ns3)C2)n1. The van der Waals surface area contributed by atoms with E-state index >= 15 is 0 Å². The third kappa shape index (κ3) is 3.99. The number of hydrogen-bond acceptors (Lipinski definition) is 7. The standard InChI is InChI=1S/C19H22N6S/c1-13-10-17(11-15-6-4-3-5-7-15)23-18(20-13)22-16-8-9-25(12-16)19-21-14(2)24-26-19/h3-7,10,16H,8-9,11-12H2,1-2H3,(H,20,22,23). The number of anilines is 2. The summed E-state index contributed by atoms with van der Waals surface area (Å²) in [5.41, 5.74) is 3.29. The topological polar surface area (TPSA) is 66.8 Å². The van der Waals surface area contributed by atoms with Gasteiger partial charge in [0.15, 0.2) is 0 Å². The Bertz CT molecular complexity index is 879. The molecular weight excluding hydrogens is 344 g/mol. The third-order valence-electron chi connectivity index (χ3n) is 4.44. The van der Waals surface area contributed by atoms with Gasteiger partial charge in [-0.2, -0.15) is 4.37 Å². The van der Waals surface area contributed by atoms with Crippen molar-refractivity contribution in [3.05, 3.63) is 59.2 Å². The van der Waals surface area contributed by atoms with Crippen LogP contribution in [-0.4, -0.2) is 38.5 Å². The second-order valence-corrected chi connectivity index (χ2v) is 7.42. The van der Waals surface area contributed by atoms with Gasteiger partial charge in [0, 0.05) is 42.8 Å². The molecular formula is C19H22N6S. The van der Waals surface area contributed by atoms with Crippen LogP contribution in [-0.2, 0) is 6.42 Å². The van der Waals surface area contributed by atoms with E-state index in [1.807, 2.05) is 19.9 Å². The van der Waals surface area contributed by atoms with Crippen LogP contribution in [0, 0.1) is 13.8 Å². The Morgan fingerprint density at radius 3 is 2.77 bits per heavy atom. The van der Waals surface area contributed by atoms with Crippen molar-refractivity contribution in [2.75, 3.05) is 23.3 Å². The number of aromatic nitrogens is 4. The first-order chi connectivity index (χ1) is 12.7. The molecule has 0 spiro atoms. The smallest absolute Gasteiger partial charge is 0.223 e. The molecule has 0 saturated carbocycles. The van der Waals surface area contributed by atoms with Crippen molar-refractivity contribution in [1.29, 1.82) is 0 Å². The van der Waals surface area contributed by atoms with Crippen LogP contribution in [0.15, 0.2) is 36.4 Å². The zero-order chi connectivity index (χ0) is 17.9. The first kappa shape index (κ1) is 16.9. The highest BCUT2D eigenvalue weighted by atomic mass is 32.1. The summed E-state index contributed by atoms with van der Waals surface area (Å²) < 4.78 is 4.28. The molecule has 7 heteroatoms. The molecule has 1 aromatic carbocycles. The fourth-order valence-electron chi connectivity index (χ4n) is 3.24. The molecule has 26 heavy (non-hydrogen) atoms. The Kier molecular flexibility index (Phi) is 4.79. The molecule has 1 fully saturated rings. The fraction of sp³-hybridized carbons (Fsp3) is 0.368. The maximum Gasteiger partial charge on any atom is 0.223 e. The molecule has 1 unspecified atom stereocenters. The van der Waals surface area contributed by atoms with E-state index in [1.165, 1.54) is 17.1 Å². The van der Waals surface area contributed by atoms with Crippen LogP contribution in [0.5, 0.6) is 0 Å². The molecule has 4 rings (SSSR count). The third-order valence-corrected chi connectivity index (χ3v) is 5.31. The van der Waals surface area contributed by atoms with Gasteiger partial charge in [-0.05, 0) is 31.9 Å². The van der Waals surface area contributed by atoms with Crippen molar-refractivity contribution in [1.82, 2.24) is 19.3 Å². The Morgan fingerprint density at radius 2 is 2.00 bits per heavy atom. The minimum Gasteiger partial charge on any atom is -0.350 e. The summed E-state index contributed by atoms with van der Waals surface area (Å²) in [6.07, 6.45) is 1.86. The number of nitrogens with one attached hydrogen (secondary N) is 1. The molecule has 3 heterocycles. The lowest BCUT2D eigenvalue weighted by Gasteiger charge is -2.16. The maximum atomic E-state index is 4.73. The van der Waals surface area contributed by atoms with E-state index in [4.69, 9.17) is 4.98 Å². The van der Waals surface area contributed by atoms with Crippen molar-refractivity contribution in [3.63, 3.8) is 0 Å². The van der Waals surface area contributed by atoms with Gasteiger partial charge in [-0.25, -0.2) is 15.0 Å². The average molecular weight is 366 g/mol. The van der Waals surface area contributed by atoms with Gasteiger partial charge in [0.05, 0.1) is 5.69 Å². The summed E-state index contributed by atoms with van der Waals surface area (Å²) in [4.78, 5) is 16.1. The quantitative estimate of drug-likeness (QED) is 0.748. The molecule has 3 aromatic rings. The Balaban J connectivity index is 1.43. The maximum absolute atomic E-state index is 4.73. The molecule has 0 aliphatic carbocycles. The van der Waals surface area contributed by atoms with Crippen LogP contribution >= 0.6 is 11.5 Å². The van der Waals surface area contributed by atoms with E-state index in [2.05, 4.69) is 54.9 Å². The fourth-order valence-corrected chi connectivity index (χ4v) is 3.95. The van der Waals surface area contributed by atoms with Gasteiger partial charge >= 0.3 is 0 Å². The zero-order valence-electron chi connectivity index (χ0n) is 15.0. The number of benzene rings is 1. The monoisotopic (exact) mass is 366 g/mol. The largest absolute Gasteiger partial charge is 0.350 e. The van der Waals surface area contributed by atoms with Gasteiger partial charge in [0.1, 0.15) is 5.82 Å². The van der Waals surface area contributed by atoms with Gasteiger partial charge in [0.2, 0.25) is 11.1 Å². The molecule has 1 aliphatic rings. The molecule has 0 amide bonds. The average Bonchev–Trinajstić information content (AvgIpc) is 3.24. The van der Waals surface area contributed by atoms with Gasteiger partial charge in [-0.3, -0.25) is 0 Å².